The molecule has 4 aliphatic carbocycles. The Bertz CT molecular complexity index is 1280. The van der Waals surface area contributed by atoms with Crippen LogP contribution in [-0.2, 0) is 6.42 Å². The molecular formula is C34H40O3. The molecule has 2 aromatic carbocycles. The predicted octanol–water partition coefficient (Wildman–Crippen LogP) is 8.27. The van der Waals surface area contributed by atoms with Gasteiger partial charge >= 0.3 is 0 Å². The Hall–Kier alpha value is -2.81. The van der Waals surface area contributed by atoms with Gasteiger partial charge in [0, 0.05) is 29.4 Å². The van der Waals surface area contributed by atoms with Crippen LogP contribution in [-0.4, -0.2) is 20.0 Å². The first-order chi connectivity index (χ1) is 18.0. The van der Waals surface area contributed by atoms with Gasteiger partial charge in [-0.15, -0.1) is 0 Å². The lowest BCUT2D eigenvalue weighted by atomic mass is 9.72. The number of rotatable bonds is 8. The van der Waals surface area contributed by atoms with E-state index in [1.54, 1.807) is 14.2 Å². The number of methoxy groups -OCH3 is 2. The molecule has 2 unspecified atom stereocenters. The largest absolute Gasteiger partial charge is 0.497 e. The van der Waals surface area contributed by atoms with Gasteiger partial charge < -0.3 is 9.47 Å². The molecule has 37 heavy (non-hydrogen) atoms. The van der Waals surface area contributed by atoms with Crippen LogP contribution in [0.25, 0.3) is 12.2 Å². The number of carbonyl (C=O) groups excluding carboxylic acids is 1. The van der Waals surface area contributed by atoms with Gasteiger partial charge in [0.05, 0.1) is 14.2 Å². The Kier molecular flexibility index (Phi) is 6.51. The normalized spacial score (nSPS) is 26.3. The Morgan fingerprint density at radius 1 is 0.946 bits per heavy atom. The summed E-state index contributed by atoms with van der Waals surface area (Å²) in [5, 5.41) is 0. The van der Waals surface area contributed by atoms with E-state index in [4.69, 9.17) is 9.47 Å². The first kappa shape index (κ1) is 24.5. The summed E-state index contributed by atoms with van der Waals surface area (Å²) in [5.74, 6) is 4.76. The number of Topliss-reactive ketones (excluding diaryl/α,β-unsaturated/α-hetero) is 1. The van der Waals surface area contributed by atoms with E-state index >= 15 is 0 Å². The number of hydrogen-bond acceptors (Lipinski definition) is 3. The van der Waals surface area contributed by atoms with Crippen LogP contribution < -0.4 is 9.47 Å². The first-order valence-electron chi connectivity index (χ1n) is 14.3. The summed E-state index contributed by atoms with van der Waals surface area (Å²) < 4.78 is 11.5. The van der Waals surface area contributed by atoms with Crippen LogP contribution in [0.15, 0.2) is 41.5 Å². The highest BCUT2D eigenvalue weighted by Gasteiger charge is 2.36. The number of benzene rings is 2. The maximum absolute atomic E-state index is 13.7. The Labute approximate surface area is 222 Å². The van der Waals surface area contributed by atoms with Gasteiger partial charge in [0.2, 0.25) is 0 Å². The zero-order valence-corrected chi connectivity index (χ0v) is 22.8. The number of fused-ring (bicyclic) bond motifs is 2. The zero-order valence-electron chi connectivity index (χ0n) is 22.8. The molecule has 0 aliphatic heterocycles. The van der Waals surface area contributed by atoms with E-state index < -0.39 is 0 Å². The van der Waals surface area contributed by atoms with Crippen LogP contribution in [0.3, 0.4) is 0 Å². The smallest absolute Gasteiger partial charge is 0.166 e. The molecular weight excluding hydrogens is 456 g/mol. The third-order valence-corrected chi connectivity index (χ3v) is 9.43. The second kappa shape index (κ2) is 9.82. The van der Waals surface area contributed by atoms with Crippen molar-refractivity contribution in [1.82, 2.24) is 0 Å². The van der Waals surface area contributed by atoms with Gasteiger partial charge in [-0.25, -0.2) is 0 Å². The van der Waals surface area contributed by atoms with E-state index in [0.717, 1.165) is 47.8 Å². The average molecular weight is 497 g/mol. The number of ketones is 1. The van der Waals surface area contributed by atoms with Crippen molar-refractivity contribution in [3.8, 4) is 11.5 Å². The van der Waals surface area contributed by atoms with E-state index in [9.17, 15) is 4.79 Å². The monoisotopic (exact) mass is 496 g/mol. The molecule has 2 aromatic rings. The standard InChI is InChI=1S/C34H40O3/c1-5-21-10-20(2)11-26(12-21)34(35)27-15-24-14-25(17-31(24)33(18-27)37-4)29-16-23-8-9-28(36-3)19-30(23)32(29)13-22-6-7-22/h8-9,14-16,18-22,26,32H,5-7,10-13,17H2,1-4H3/t20-,21-,26?,32?/m1/s1. The second-order valence-corrected chi connectivity index (χ2v) is 12.1. The van der Waals surface area contributed by atoms with Crippen LogP contribution in [0.4, 0.5) is 0 Å². The highest BCUT2D eigenvalue weighted by Crippen LogP contribution is 2.51. The third-order valence-electron chi connectivity index (χ3n) is 9.43. The molecule has 0 bridgehead atoms. The molecule has 0 aromatic heterocycles. The van der Waals surface area contributed by atoms with Crippen molar-refractivity contribution in [2.45, 2.75) is 71.1 Å². The number of allylic oxidation sites excluding steroid dienone is 2. The van der Waals surface area contributed by atoms with Gasteiger partial charge in [-0.3, -0.25) is 4.79 Å². The minimum atomic E-state index is 0.131. The molecule has 194 valence electrons. The predicted molar refractivity (Wildman–Crippen MR) is 150 cm³/mol. The van der Waals surface area contributed by atoms with E-state index in [1.807, 2.05) is 6.07 Å². The van der Waals surface area contributed by atoms with E-state index in [-0.39, 0.29) is 5.92 Å². The molecule has 0 radical (unpaired) electrons. The summed E-state index contributed by atoms with van der Waals surface area (Å²) in [6.07, 6.45) is 14.0. The van der Waals surface area contributed by atoms with Crippen LogP contribution in [0.1, 0.15) is 97.3 Å². The summed E-state index contributed by atoms with van der Waals surface area (Å²) in [4.78, 5) is 13.7. The van der Waals surface area contributed by atoms with Gasteiger partial charge in [-0.05, 0) is 95.5 Å². The number of hydrogen-bond donors (Lipinski definition) is 0. The van der Waals surface area contributed by atoms with Crippen molar-refractivity contribution in [3.63, 3.8) is 0 Å². The molecule has 3 heteroatoms. The maximum atomic E-state index is 13.7. The zero-order chi connectivity index (χ0) is 25.7. The Balaban J connectivity index is 1.31. The maximum Gasteiger partial charge on any atom is 0.166 e. The highest BCUT2D eigenvalue weighted by atomic mass is 16.5. The van der Waals surface area contributed by atoms with Crippen molar-refractivity contribution >= 4 is 17.9 Å². The van der Waals surface area contributed by atoms with Crippen molar-refractivity contribution < 1.29 is 14.3 Å². The van der Waals surface area contributed by atoms with Crippen LogP contribution in [0.2, 0.25) is 0 Å². The summed E-state index contributed by atoms with van der Waals surface area (Å²) in [6.45, 7) is 4.57. The quantitative estimate of drug-likeness (QED) is 0.345. The molecule has 4 aliphatic rings. The van der Waals surface area contributed by atoms with Crippen LogP contribution in [0, 0.1) is 23.7 Å². The van der Waals surface area contributed by atoms with Crippen LogP contribution in [0.5, 0.6) is 11.5 Å². The molecule has 0 amide bonds. The summed E-state index contributed by atoms with van der Waals surface area (Å²) in [6, 6.07) is 10.7. The molecule has 0 heterocycles. The molecule has 0 spiro atoms. The first-order valence-corrected chi connectivity index (χ1v) is 14.3. The van der Waals surface area contributed by atoms with Crippen molar-refractivity contribution in [2.24, 2.45) is 23.7 Å². The molecule has 0 saturated heterocycles. The second-order valence-electron chi connectivity index (χ2n) is 12.1. The molecule has 2 fully saturated rings. The van der Waals surface area contributed by atoms with E-state index in [0.29, 0.717) is 23.5 Å². The lowest BCUT2D eigenvalue weighted by molar-refractivity contribution is 0.0825. The fourth-order valence-corrected chi connectivity index (χ4v) is 7.26. The van der Waals surface area contributed by atoms with Gasteiger partial charge in [-0.2, -0.15) is 0 Å². The minimum Gasteiger partial charge on any atom is -0.497 e. The highest BCUT2D eigenvalue weighted by molar-refractivity contribution is 5.99. The average Bonchev–Trinajstić information content (AvgIpc) is 3.52. The molecule has 2 saturated carbocycles. The molecule has 3 nitrogen and oxygen atoms in total. The van der Waals surface area contributed by atoms with Crippen molar-refractivity contribution in [2.75, 3.05) is 14.2 Å². The summed E-state index contributed by atoms with van der Waals surface area (Å²) >= 11 is 0. The lowest BCUT2D eigenvalue weighted by Gasteiger charge is -2.32. The fourth-order valence-electron chi connectivity index (χ4n) is 7.26. The van der Waals surface area contributed by atoms with Crippen LogP contribution >= 0.6 is 0 Å². The van der Waals surface area contributed by atoms with Gasteiger partial charge in [0.1, 0.15) is 11.5 Å². The van der Waals surface area contributed by atoms with Crippen molar-refractivity contribution in [1.29, 1.82) is 0 Å². The third kappa shape index (κ3) is 4.67. The van der Waals surface area contributed by atoms with E-state index in [2.05, 4.69) is 50.3 Å². The fraction of sp³-hybridized carbons (Fsp3) is 0.500. The molecule has 0 N–H and O–H groups in total. The topological polar surface area (TPSA) is 35.5 Å². The number of carbonyl (C=O) groups is 1. The Morgan fingerprint density at radius 2 is 1.78 bits per heavy atom. The molecule has 6 rings (SSSR count). The minimum absolute atomic E-state index is 0.131. The SMILES string of the molecule is CC[C@H]1CC(C(=O)c2cc3c(c(OC)c2)CC(C2=Cc4ccc(OC)cc4C2CC2CC2)=C3)C[C@H](C)C1. The summed E-state index contributed by atoms with van der Waals surface area (Å²) in [7, 11) is 3.49. The van der Waals surface area contributed by atoms with Gasteiger partial charge in [0.15, 0.2) is 5.78 Å². The Morgan fingerprint density at radius 3 is 2.51 bits per heavy atom. The van der Waals surface area contributed by atoms with Gasteiger partial charge in [0.25, 0.3) is 0 Å². The van der Waals surface area contributed by atoms with Crippen molar-refractivity contribution in [3.05, 3.63) is 69.3 Å². The summed E-state index contributed by atoms with van der Waals surface area (Å²) in [5.41, 5.74) is 8.73. The molecule has 4 atom stereocenters. The van der Waals surface area contributed by atoms with E-state index in [1.165, 1.54) is 59.9 Å². The lowest BCUT2D eigenvalue weighted by Crippen LogP contribution is -2.27. The van der Waals surface area contributed by atoms with Gasteiger partial charge in [-0.1, -0.05) is 51.3 Å². The number of ether oxygens (including phenoxy) is 2.